The van der Waals surface area contributed by atoms with Gasteiger partial charge in [-0.25, -0.2) is 19.3 Å². The molecule has 2 bridgehead atoms. The summed E-state index contributed by atoms with van der Waals surface area (Å²) >= 11 is 6.07. The van der Waals surface area contributed by atoms with Gasteiger partial charge in [0.25, 0.3) is 0 Å². The fourth-order valence-corrected chi connectivity index (χ4v) is 4.91. The van der Waals surface area contributed by atoms with Gasteiger partial charge in [-0.15, -0.1) is 0 Å². The van der Waals surface area contributed by atoms with Crippen molar-refractivity contribution in [1.29, 1.82) is 0 Å². The number of nitrogens with one attached hydrogen (secondary N) is 1. The highest BCUT2D eigenvalue weighted by molar-refractivity contribution is 6.31. The average molecular weight is 413 g/mol. The molecule has 6 nitrogen and oxygen atoms in total. The van der Waals surface area contributed by atoms with Crippen LogP contribution in [0.2, 0.25) is 5.02 Å². The van der Waals surface area contributed by atoms with E-state index in [1.165, 1.54) is 13.3 Å². The standard InChI is InChI=1S/C21H18ClFN4O2/c1-29-21(28)18-11-3-2-10(4-11)13(18)6-17-16(23)9-26-20(27-17)15-8-25-19-14(15)5-12(22)7-24-19/h2-3,5,7-11,13,18H,4,6H2,1H3,(H,24,25)/t10?,11?,13-,18-/m0/s1. The van der Waals surface area contributed by atoms with E-state index < -0.39 is 5.82 Å². The Labute approximate surface area is 171 Å². The summed E-state index contributed by atoms with van der Waals surface area (Å²) in [5.74, 6) is -0.219. The van der Waals surface area contributed by atoms with Crippen molar-refractivity contribution in [2.75, 3.05) is 7.11 Å². The Bertz CT molecular complexity index is 1140. The summed E-state index contributed by atoms with van der Waals surface area (Å²) < 4.78 is 19.6. The maximum Gasteiger partial charge on any atom is 0.309 e. The molecular formula is C21H18ClFN4O2. The van der Waals surface area contributed by atoms with Gasteiger partial charge in [-0.05, 0) is 36.7 Å². The molecule has 0 saturated heterocycles. The van der Waals surface area contributed by atoms with Crippen LogP contribution in [0.3, 0.4) is 0 Å². The molecule has 8 heteroatoms. The van der Waals surface area contributed by atoms with E-state index in [4.69, 9.17) is 16.3 Å². The summed E-state index contributed by atoms with van der Waals surface area (Å²) in [5, 5.41) is 1.26. The number of esters is 1. The van der Waals surface area contributed by atoms with E-state index in [2.05, 4.69) is 32.1 Å². The van der Waals surface area contributed by atoms with Crippen molar-refractivity contribution in [2.24, 2.45) is 23.7 Å². The lowest BCUT2D eigenvalue weighted by molar-refractivity contribution is -0.148. The number of carbonyl (C=O) groups excluding carboxylic acids is 1. The maximum absolute atomic E-state index is 14.6. The Morgan fingerprint density at radius 3 is 2.97 bits per heavy atom. The second-order valence-electron chi connectivity index (χ2n) is 7.61. The number of pyridine rings is 1. The van der Waals surface area contributed by atoms with E-state index in [9.17, 15) is 9.18 Å². The van der Waals surface area contributed by atoms with Crippen molar-refractivity contribution >= 4 is 28.6 Å². The molecule has 3 heterocycles. The highest BCUT2D eigenvalue weighted by atomic mass is 35.5. The van der Waals surface area contributed by atoms with Gasteiger partial charge >= 0.3 is 5.97 Å². The Hall–Kier alpha value is -2.80. The van der Waals surface area contributed by atoms with Crippen LogP contribution in [0.1, 0.15) is 12.1 Å². The van der Waals surface area contributed by atoms with Crippen LogP contribution < -0.4 is 0 Å². The number of aromatic amines is 1. The van der Waals surface area contributed by atoms with E-state index >= 15 is 0 Å². The third-order valence-corrected chi connectivity index (χ3v) is 6.29. The minimum absolute atomic E-state index is 0.0335. The number of halogens is 2. The van der Waals surface area contributed by atoms with E-state index in [-0.39, 0.29) is 29.6 Å². The van der Waals surface area contributed by atoms with Gasteiger partial charge in [-0.1, -0.05) is 23.8 Å². The molecule has 3 aromatic rings. The first-order chi connectivity index (χ1) is 14.0. The fourth-order valence-electron chi connectivity index (χ4n) is 4.75. The number of carbonyl (C=O) groups is 1. The molecule has 1 saturated carbocycles. The normalized spacial score (nSPS) is 25.1. The summed E-state index contributed by atoms with van der Waals surface area (Å²) in [7, 11) is 1.40. The van der Waals surface area contributed by atoms with Crippen molar-refractivity contribution in [2.45, 2.75) is 12.8 Å². The largest absolute Gasteiger partial charge is 0.469 e. The number of hydrogen-bond acceptors (Lipinski definition) is 5. The van der Waals surface area contributed by atoms with E-state index in [1.54, 1.807) is 18.5 Å². The molecule has 148 valence electrons. The number of methoxy groups -OCH3 is 1. The molecule has 1 N–H and O–H groups in total. The molecule has 2 unspecified atom stereocenters. The predicted molar refractivity (Wildman–Crippen MR) is 106 cm³/mol. The molecule has 4 atom stereocenters. The zero-order valence-electron chi connectivity index (χ0n) is 15.6. The fraction of sp³-hybridized carbons (Fsp3) is 0.333. The van der Waals surface area contributed by atoms with E-state index in [1.807, 2.05) is 0 Å². The number of nitrogens with zero attached hydrogens (tertiary/aromatic N) is 3. The summed E-state index contributed by atoms with van der Waals surface area (Å²) in [6, 6.07) is 1.77. The summed E-state index contributed by atoms with van der Waals surface area (Å²) in [5.41, 5.74) is 1.66. The highest BCUT2D eigenvalue weighted by Gasteiger charge is 2.48. The van der Waals surface area contributed by atoms with E-state index in [0.717, 1.165) is 11.8 Å². The van der Waals surface area contributed by atoms with Crippen LogP contribution in [0.5, 0.6) is 0 Å². The first-order valence-electron chi connectivity index (χ1n) is 9.45. The van der Waals surface area contributed by atoms with Crippen molar-refractivity contribution in [1.82, 2.24) is 19.9 Å². The smallest absolute Gasteiger partial charge is 0.309 e. The van der Waals surface area contributed by atoms with Gasteiger partial charge in [0.1, 0.15) is 5.65 Å². The molecule has 29 heavy (non-hydrogen) atoms. The molecule has 2 aliphatic carbocycles. The van der Waals surface area contributed by atoms with Gasteiger partial charge in [0.05, 0.1) is 29.9 Å². The maximum atomic E-state index is 14.6. The first-order valence-corrected chi connectivity index (χ1v) is 9.83. The topological polar surface area (TPSA) is 80.8 Å². The molecule has 1 fully saturated rings. The number of rotatable bonds is 4. The van der Waals surface area contributed by atoms with Gasteiger partial charge in [0.2, 0.25) is 0 Å². The molecule has 3 aromatic heterocycles. The summed E-state index contributed by atoms with van der Waals surface area (Å²) in [6.07, 6.45) is 9.93. The lowest BCUT2D eigenvalue weighted by atomic mass is 9.80. The van der Waals surface area contributed by atoms with Crippen LogP contribution in [-0.4, -0.2) is 33.0 Å². The quantitative estimate of drug-likeness (QED) is 0.518. The SMILES string of the molecule is COC(=O)[C@H]1C2C=CC(C2)[C@@H]1Cc1nc(-c2c[nH]c3ncc(Cl)cc23)ncc1F. The summed E-state index contributed by atoms with van der Waals surface area (Å²) in [6.45, 7) is 0. The second-order valence-corrected chi connectivity index (χ2v) is 8.04. The number of fused-ring (bicyclic) bond motifs is 3. The zero-order valence-corrected chi connectivity index (χ0v) is 16.4. The van der Waals surface area contributed by atoms with Crippen LogP contribution in [0.15, 0.2) is 36.8 Å². The lowest BCUT2D eigenvalue weighted by Gasteiger charge is -2.25. The Morgan fingerprint density at radius 2 is 2.14 bits per heavy atom. The number of allylic oxidation sites excluding steroid dienone is 2. The molecule has 0 amide bonds. The van der Waals surface area contributed by atoms with Crippen molar-refractivity contribution in [3.63, 3.8) is 0 Å². The molecule has 0 radical (unpaired) electrons. The molecular weight excluding hydrogens is 395 g/mol. The van der Waals surface area contributed by atoms with Gasteiger partial charge in [-0.2, -0.15) is 0 Å². The minimum Gasteiger partial charge on any atom is -0.469 e. The third kappa shape index (κ3) is 3.00. The van der Waals surface area contributed by atoms with Crippen LogP contribution in [0.4, 0.5) is 4.39 Å². The van der Waals surface area contributed by atoms with Gasteiger partial charge < -0.3 is 9.72 Å². The van der Waals surface area contributed by atoms with Crippen LogP contribution in [0, 0.1) is 29.5 Å². The predicted octanol–water partition coefficient (Wildman–Crippen LogP) is 3.97. The van der Waals surface area contributed by atoms with Crippen molar-refractivity contribution in [3.05, 3.63) is 53.3 Å². The van der Waals surface area contributed by atoms with Crippen molar-refractivity contribution < 1.29 is 13.9 Å². The minimum atomic E-state index is -0.472. The van der Waals surface area contributed by atoms with E-state index in [0.29, 0.717) is 34.2 Å². The third-order valence-electron chi connectivity index (χ3n) is 6.08. The monoisotopic (exact) mass is 412 g/mol. The zero-order chi connectivity index (χ0) is 20.1. The number of ether oxygens (including phenoxy) is 1. The number of H-pyrrole nitrogens is 1. The molecule has 0 spiro atoms. The molecule has 5 rings (SSSR count). The lowest BCUT2D eigenvalue weighted by Crippen LogP contribution is -2.30. The molecule has 2 aliphatic rings. The van der Waals surface area contributed by atoms with Crippen molar-refractivity contribution in [3.8, 4) is 11.4 Å². The van der Waals surface area contributed by atoms with Crippen LogP contribution >= 0.6 is 11.6 Å². The number of hydrogen-bond donors (Lipinski definition) is 1. The van der Waals surface area contributed by atoms with Gasteiger partial charge in [-0.3, -0.25) is 4.79 Å². The Morgan fingerprint density at radius 1 is 1.31 bits per heavy atom. The average Bonchev–Trinajstić information content (AvgIpc) is 3.43. The second kappa shape index (κ2) is 6.91. The summed E-state index contributed by atoms with van der Waals surface area (Å²) in [4.78, 5) is 28.3. The molecule has 0 aliphatic heterocycles. The number of aromatic nitrogens is 4. The van der Waals surface area contributed by atoms with Gasteiger partial charge in [0.15, 0.2) is 11.6 Å². The van der Waals surface area contributed by atoms with Gasteiger partial charge in [0, 0.05) is 23.3 Å². The molecule has 0 aromatic carbocycles. The van der Waals surface area contributed by atoms with Crippen LogP contribution in [0.25, 0.3) is 22.4 Å². The van der Waals surface area contributed by atoms with Crippen LogP contribution in [-0.2, 0) is 16.0 Å². The Balaban J connectivity index is 1.51. The Kier molecular flexibility index (Phi) is 4.35. The highest BCUT2D eigenvalue weighted by Crippen LogP contribution is 2.49. The first kappa shape index (κ1) is 18.2.